The lowest BCUT2D eigenvalue weighted by molar-refractivity contribution is -0.129. The number of hydrogen-bond donors (Lipinski definition) is 2. The third-order valence-electron chi connectivity index (χ3n) is 4.11. The van der Waals surface area contributed by atoms with Gasteiger partial charge in [-0.1, -0.05) is 84.4 Å². The van der Waals surface area contributed by atoms with Crippen LogP contribution in [0, 0.1) is 6.92 Å². The molecule has 0 aliphatic carbocycles. The van der Waals surface area contributed by atoms with E-state index in [0.717, 1.165) is 22.3 Å². The van der Waals surface area contributed by atoms with Gasteiger partial charge in [0.05, 0.1) is 5.92 Å². The summed E-state index contributed by atoms with van der Waals surface area (Å²) in [5.41, 5.74) is 6.81. The van der Waals surface area contributed by atoms with E-state index in [1.807, 2.05) is 54.6 Å². The van der Waals surface area contributed by atoms with Gasteiger partial charge in [0, 0.05) is 0 Å². The molecular formula is C21H19NO2. The first-order valence-electron chi connectivity index (χ1n) is 7.85. The molecule has 0 aliphatic rings. The maximum absolute atomic E-state index is 12.2. The molecule has 2 N–H and O–H groups in total. The Bertz CT molecular complexity index is 826. The molecule has 0 bridgehead atoms. The van der Waals surface area contributed by atoms with Gasteiger partial charge in [-0.3, -0.25) is 10.0 Å². The minimum Gasteiger partial charge on any atom is -0.289 e. The standard InChI is InChI=1S/C21H19NO2/c1-15-10-12-16(13-11-15)18-8-5-9-19(14-18)20(21(23)22-24)17-6-3-2-4-7-17/h2-14,20,24H,1H3,(H,22,23). The van der Waals surface area contributed by atoms with E-state index in [-0.39, 0.29) is 0 Å². The topological polar surface area (TPSA) is 49.3 Å². The Morgan fingerprint density at radius 2 is 1.50 bits per heavy atom. The van der Waals surface area contributed by atoms with E-state index in [4.69, 9.17) is 5.21 Å². The first-order valence-corrected chi connectivity index (χ1v) is 7.85. The van der Waals surface area contributed by atoms with Crippen LogP contribution < -0.4 is 5.48 Å². The second kappa shape index (κ2) is 7.11. The Morgan fingerprint density at radius 3 is 2.17 bits per heavy atom. The number of amides is 1. The zero-order valence-corrected chi connectivity index (χ0v) is 13.4. The summed E-state index contributed by atoms with van der Waals surface area (Å²) in [6, 6.07) is 25.6. The summed E-state index contributed by atoms with van der Waals surface area (Å²) in [6.07, 6.45) is 0. The fraction of sp³-hybridized carbons (Fsp3) is 0.0952. The number of nitrogens with one attached hydrogen (secondary N) is 1. The van der Waals surface area contributed by atoms with Gasteiger partial charge in [-0.25, -0.2) is 5.48 Å². The van der Waals surface area contributed by atoms with Gasteiger partial charge in [0.25, 0.3) is 5.91 Å². The van der Waals surface area contributed by atoms with Crippen molar-refractivity contribution in [2.75, 3.05) is 0 Å². The van der Waals surface area contributed by atoms with E-state index in [0.29, 0.717) is 0 Å². The van der Waals surface area contributed by atoms with Crippen LogP contribution in [0.4, 0.5) is 0 Å². The molecule has 24 heavy (non-hydrogen) atoms. The maximum Gasteiger partial charge on any atom is 0.255 e. The molecule has 0 radical (unpaired) electrons. The van der Waals surface area contributed by atoms with Crippen molar-refractivity contribution < 1.29 is 10.0 Å². The van der Waals surface area contributed by atoms with E-state index < -0.39 is 11.8 Å². The van der Waals surface area contributed by atoms with Gasteiger partial charge < -0.3 is 0 Å². The fourth-order valence-corrected chi connectivity index (χ4v) is 2.85. The highest BCUT2D eigenvalue weighted by atomic mass is 16.5. The van der Waals surface area contributed by atoms with Crippen LogP contribution in [0.25, 0.3) is 11.1 Å². The zero-order valence-electron chi connectivity index (χ0n) is 13.4. The second-order valence-corrected chi connectivity index (χ2v) is 5.81. The van der Waals surface area contributed by atoms with Gasteiger partial charge in [-0.05, 0) is 29.2 Å². The molecule has 0 heterocycles. The Kier molecular flexibility index (Phi) is 4.73. The molecule has 3 aromatic carbocycles. The summed E-state index contributed by atoms with van der Waals surface area (Å²) in [5, 5.41) is 9.15. The minimum atomic E-state index is -0.554. The minimum absolute atomic E-state index is 0.442. The first kappa shape index (κ1) is 16.0. The van der Waals surface area contributed by atoms with Gasteiger partial charge >= 0.3 is 0 Å². The van der Waals surface area contributed by atoms with E-state index in [1.54, 1.807) is 5.48 Å². The van der Waals surface area contributed by atoms with Gasteiger partial charge in [0.15, 0.2) is 0 Å². The lowest BCUT2D eigenvalue weighted by Crippen LogP contribution is -2.27. The average Bonchev–Trinajstić information content (AvgIpc) is 2.63. The molecule has 0 saturated heterocycles. The van der Waals surface area contributed by atoms with Crippen molar-refractivity contribution in [2.24, 2.45) is 0 Å². The fourth-order valence-electron chi connectivity index (χ4n) is 2.85. The normalized spacial score (nSPS) is 11.8. The van der Waals surface area contributed by atoms with Crippen molar-refractivity contribution in [3.63, 3.8) is 0 Å². The molecule has 120 valence electrons. The van der Waals surface area contributed by atoms with Crippen LogP contribution in [0.5, 0.6) is 0 Å². The van der Waals surface area contributed by atoms with Crippen LogP contribution in [0.1, 0.15) is 22.6 Å². The molecule has 1 amide bonds. The molecule has 1 unspecified atom stereocenters. The maximum atomic E-state index is 12.2. The lowest BCUT2D eigenvalue weighted by Gasteiger charge is -2.17. The summed E-state index contributed by atoms with van der Waals surface area (Å²) in [4.78, 5) is 12.2. The zero-order chi connectivity index (χ0) is 16.9. The van der Waals surface area contributed by atoms with Crippen molar-refractivity contribution >= 4 is 5.91 Å². The molecule has 1 atom stereocenters. The quantitative estimate of drug-likeness (QED) is 0.557. The summed E-state index contributed by atoms with van der Waals surface area (Å²) < 4.78 is 0. The van der Waals surface area contributed by atoms with E-state index in [1.165, 1.54) is 5.56 Å². The smallest absolute Gasteiger partial charge is 0.255 e. The van der Waals surface area contributed by atoms with Crippen LogP contribution in [0.2, 0.25) is 0 Å². The Balaban J connectivity index is 2.04. The monoisotopic (exact) mass is 317 g/mol. The lowest BCUT2D eigenvalue weighted by atomic mass is 9.89. The third-order valence-corrected chi connectivity index (χ3v) is 4.11. The van der Waals surface area contributed by atoms with Gasteiger partial charge in [0.2, 0.25) is 0 Å². The highest BCUT2D eigenvalue weighted by Gasteiger charge is 2.22. The largest absolute Gasteiger partial charge is 0.289 e. The highest BCUT2D eigenvalue weighted by Crippen LogP contribution is 2.29. The molecule has 3 nitrogen and oxygen atoms in total. The first-order chi connectivity index (χ1) is 11.7. The number of carbonyl (C=O) groups excluding carboxylic acids is 1. The number of hydrogen-bond acceptors (Lipinski definition) is 2. The van der Waals surface area contributed by atoms with Gasteiger partial charge in [0.1, 0.15) is 0 Å². The molecule has 0 saturated carbocycles. The average molecular weight is 317 g/mol. The van der Waals surface area contributed by atoms with Gasteiger partial charge in [-0.15, -0.1) is 0 Å². The number of benzene rings is 3. The molecule has 0 fully saturated rings. The summed E-state index contributed by atoms with van der Waals surface area (Å²) in [6.45, 7) is 2.05. The van der Waals surface area contributed by atoms with Crippen molar-refractivity contribution in [2.45, 2.75) is 12.8 Å². The highest BCUT2D eigenvalue weighted by molar-refractivity contribution is 5.86. The van der Waals surface area contributed by atoms with Crippen LogP contribution in [0.3, 0.4) is 0 Å². The molecule has 3 aromatic rings. The van der Waals surface area contributed by atoms with Crippen molar-refractivity contribution in [1.82, 2.24) is 5.48 Å². The molecular weight excluding hydrogens is 298 g/mol. The molecule has 3 heteroatoms. The van der Waals surface area contributed by atoms with E-state index in [2.05, 4.69) is 31.2 Å². The van der Waals surface area contributed by atoms with Crippen molar-refractivity contribution in [1.29, 1.82) is 0 Å². The molecule has 0 aromatic heterocycles. The number of carbonyl (C=O) groups is 1. The van der Waals surface area contributed by atoms with E-state index in [9.17, 15) is 4.79 Å². The number of hydroxylamine groups is 1. The summed E-state index contributed by atoms with van der Waals surface area (Å²) >= 11 is 0. The predicted octanol–water partition coefficient (Wildman–Crippen LogP) is 4.30. The van der Waals surface area contributed by atoms with Crippen LogP contribution >= 0.6 is 0 Å². The van der Waals surface area contributed by atoms with Gasteiger partial charge in [-0.2, -0.15) is 0 Å². The third kappa shape index (κ3) is 3.36. The Morgan fingerprint density at radius 1 is 0.833 bits per heavy atom. The van der Waals surface area contributed by atoms with E-state index >= 15 is 0 Å². The molecule has 3 rings (SSSR count). The molecule has 0 spiro atoms. The van der Waals surface area contributed by atoms with Crippen LogP contribution in [-0.2, 0) is 4.79 Å². The SMILES string of the molecule is Cc1ccc(-c2cccc(C(C(=O)NO)c3ccccc3)c2)cc1. The number of aryl methyl sites for hydroxylation is 1. The second-order valence-electron chi connectivity index (χ2n) is 5.81. The van der Waals surface area contributed by atoms with Crippen molar-refractivity contribution in [3.05, 3.63) is 95.6 Å². The van der Waals surface area contributed by atoms with Crippen LogP contribution in [-0.4, -0.2) is 11.1 Å². The molecule has 0 aliphatic heterocycles. The Hall–Kier alpha value is -2.91. The predicted molar refractivity (Wildman–Crippen MR) is 94.8 cm³/mol. The Labute approximate surface area is 141 Å². The summed E-state index contributed by atoms with van der Waals surface area (Å²) in [7, 11) is 0. The number of rotatable bonds is 4. The van der Waals surface area contributed by atoms with Crippen LogP contribution in [0.15, 0.2) is 78.9 Å². The summed E-state index contributed by atoms with van der Waals surface area (Å²) in [5.74, 6) is -0.996. The van der Waals surface area contributed by atoms with Crippen molar-refractivity contribution in [3.8, 4) is 11.1 Å².